The quantitative estimate of drug-likeness (QED) is 0.863. The van der Waals surface area contributed by atoms with Gasteiger partial charge in [-0.25, -0.2) is 4.99 Å². The molecule has 2 heterocycles. The van der Waals surface area contributed by atoms with Crippen molar-refractivity contribution < 1.29 is 9.53 Å². The standard InChI is InChI=1S/C16H12ClN3O2S/c1-22-11-4-5-12(17)13(8-11)19-16-20-15(21)14(23-16)7-10-3-2-6-18-9-10/h2-9H,1H3,(H,19,20,21). The van der Waals surface area contributed by atoms with Crippen LogP contribution in [-0.2, 0) is 4.79 Å². The first-order valence-corrected chi connectivity index (χ1v) is 7.88. The van der Waals surface area contributed by atoms with Crippen LogP contribution in [0.3, 0.4) is 0 Å². The molecule has 1 amide bonds. The lowest BCUT2D eigenvalue weighted by molar-refractivity contribution is -0.115. The molecule has 3 rings (SSSR count). The molecule has 0 unspecified atom stereocenters. The van der Waals surface area contributed by atoms with Gasteiger partial charge in [0, 0.05) is 18.5 Å². The van der Waals surface area contributed by atoms with Crippen molar-refractivity contribution >= 4 is 46.2 Å². The van der Waals surface area contributed by atoms with Gasteiger partial charge in [-0.05, 0) is 41.6 Å². The number of thioether (sulfide) groups is 1. The van der Waals surface area contributed by atoms with Gasteiger partial charge in [0.05, 0.1) is 22.7 Å². The number of methoxy groups -OCH3 is 1. The molecular weight excluding hydrogens is 334 g/mol. The van der Waals surface area contributed by atoms with Gasteiger partial charge in [0.1, 0.15) is 5.75 Å². The third kappa shape index (κ3) is 3.72. The van der Waals surface area contributed by atoms with Crippen LogP contribution in [0.5, 0.6) is 5.75 Å². The summed E-state index contributed by atoms with van der Waals surface area (Å²) >= 11 is 7.38. The summed E-state index contributed by atoms with van der Waals surface area (Å²) in [5.41, 5.74) is 1.39. The molecule has 1 saturated heterocycles. The molecule has 1 aromatic carbocycles. The van der Waals surface area contributed by atoms with Gasteiger partial charge < -0.3 is 10.1 Å². The Morgan fingerprint density at radius 1 is 1.39 bits per heavy atom. The number of hydrogen-bond acceptors (Lipinski definition) is 5. The number of ether oxygens (including phenoxy) is 1. The largest absolute Gasteiger partial charge is 0.497 e. The molecule has 1 fully saturated rings. The summed E-state index contributed by atoms with van der Waals surface area (Å²) in [7, 11) is 1.57. The number of amidine groups is 1. The van der Waals surface area contributed by atoms with Crippen LogP contribution in [0.25, 0.3) is 6.08 Å². The molecule has 0 spiro atoms. The van der Waals surface area contributed by atoms with Crippen molar-refractivity contribution in [3.63, 3.8) is 0 Å². The predicted octanol–water partition coefficient (Wildman–Crippen LogP) is 3.64. The van der Waals surface area contributed by atoms with Gasteiger partial charge in [-0.15, -0.1) is 0 Å². The minimum Gasteiger partial charge on any atom is -0.497 e. The summed E-state index contributed by atoms with van der Waals surface area (Å²) in [6.45, 7) is 0. The van der Waals surface area contributed by atoms with E-state index in [1.807, 2.05) is 12.1 Å². The second-order valence-corrected chi connectivity index (χ2v) is 6.02. The highest BCUT2D eigenvalue weighted by Gasteiger charge is 2.24. The lowest BCUT2D eigenvalue weighted by Gasteiger charge is -2.03. The molecule has 1 aromatic heterocycles. The average Bonchev–Trinajstić information content (AvgIpc) is 2.90. The van der Waals surface area contributed by atoms with E-state index in [-0.39, 0.29) is 5.91 Å². The van der Waals surface area contributed by atoms with E-state index in [0.717, 1.165) is 5.56 Å². The number of rotatable bonds is 3. The molecule has 2 aromatic rings. The number of aliphatic imine (C=N–C) groups is 1. The molecule has 0 atom stereocenters. The van der Waals surface area contributed by atoms with Crippen LogP contribution in [0.4, 0.5) is 5.69 Å². The topological polar surface area (TPSA) is 63.6 Å². The maximum Gasteiger partial charge on any atom is 0.264 e. The smallest absolute Gasteiger partial charge is 0.264 e. The Hall–Kier alpha value is -2.31. The average molecular weight is 346 g/mol. The number of halogens is 1. The third-order valence-corrected chi connectivity index (χ3v) is 4.24. The van der Waals surface area contributed by atoms with Crippen molar-refractivity contribution in [3.8, 4) is 5.75 Å². The van der Waals surface area contributed by atoms with Crippen molar-refractivity contribution in [1.29, 1.82) is 0 Å². The Morgan fingerprint density at radius 2 is 2.26 bits per heavy atom. The SMILES string of the molecule is COc1ccc(Cl)c(N=C2NC(=O)C(=Cc3cccnc3)S2)c1. The van der Waals surface area contributed by atoms with Gasteiger partial charge >= 0.3 is 0 Å². The van der Waals surface area contributed by atoms with Crippen LogP contribution in [0.2, 0.25) is 5.02 Å². The fourth-order valence-electron chi connectivity index (χ4n) is 1.91. The second-order valence-electron chi connectivity index (χ2n) is 4.59. The Balaban J connectivity index is 1.86. The number of benzene rings is 1. The summed E-state index contributed by atoms with van der Waals surface area (Å²) < 4.78 is 5.16. The molecule has 116 valence electrons. The number of nitrogens with one attached hydrogen (secondary N) is 1. The molecular formula is C16H12ClN3O2S. The summed E-state index contributed by atoms with van der Waals surface area (Å²) in [5.74, 6) is 0.450. The zero-order valence-corrected chi connectivity index (χ0v) is 13.7. The first-order chi connectivity index (χ1) is 11.2. The second kappa shape index (κ2) is 6.85. The highest BCUT2D eigenvalue weighted by atomic mass is 35.5. The highest BCUT2D eigenvalue weighted by Crippen LogP contribution is 2.33. The Labute approximate surface area is 142 Å². The Bertz CT molecular complexity index is 806. The van der Waals surface area contributed by atoms with E-state index in [1.54, 1.807) is 43.8 Å². The fraction of sp³-hybridized carbons (Fsp3) is 0.0625. The van der Waals surface area contributed by atoms with Crippen molar-refractivity contribution in [3.05, 3.63) is 58.2 Å². The molecule has 0 radical (unpaired) electrons. The van der Waals surface area contributed by atoms with Crippen LogP contribution >= 0.6 is 23.4 Å². The Kier molecular flexibility index (Phi) is 4.64. The van der Waals surface area contributed by atoms with E-state index in [4.69, 9.17) is 16.3 Å². The molecule has 5 nitrogen and oxygen atoms in total. The molecule has 1 aliphatic rings. The number of hydrogen-bond donors (Lipinski definition) is 1. The molecule has 0 aliphatic carbocycles. The minimum atomic E-state index is -0.198. The molecule has 1 N–H and O–H groups in total. The maximum absolute atomic E-state index is 12.0. The van der Waals surface area contributed by atoms with Gasteiger partial charge in [-0.1, -0.05) is 17.7 Å². The van der Waals surface area contributed by atoms with E-state index >= 15 is 0 Å². The van der Waals surface area contributed by atoms with Gasteiger partial charge in [-0.3, -0.25) is 9.78 Å². The monoisotopic (exact) mass is 345 g/mol. The van der Waals surface area contributed by atoms with Crippen molar-refractivity contribution in [2.45, 2.75) is 0 Å². The fourth-order valence-corrected chi connectivity index (χ4v) is 2.90. The number of aromatic nitrogens is 1. The van der Waals surface area contributed by atoms with Crippen molar-refractivity contribution in [1.82, 2.24) is 10.3 Å². The van der Waals surface area contributed by atoms with Crippen molar-refractivity contribution in [2.75, 3.05) is 7.11 Å². The molecule has 23 heavy (non-hydrogen) atoms. The van der Waals surface area contributed by atoms with E-state index in [0.29, 0.717) is 26.5 Å². The predicted molar refractivity (Wildman–Crippen MR) is 93.0 cm³/mol. The number of amides is 1. The van der Waals surface area contributed by atoms with Gasteiger partial charge in [0.2, 0.25) is 0 Å². The zero-order valence-electron chi connectivity index (χ0n) is 12.1. The zero-order chi connectivity index (χ0) is 16.2. The lowest BCUT2D eigenvalue weighted by atomic mass is 10.2. The maximum atomic E-state index is 12.0. The Morgan fingerprint density at radius 3 is 3.00 bits per heavy atom. The van der Waals surface area contributed by atoms with Crippen LogP contribution in [-0.4, -0.2) is 23.2 Å². The van der Waals surface area contributed by atoms with Gasteiger partial charge in [0.25, 0.3) is 5.91 Å². The number of nitrogens with zero attached hydrogens (tertiary/aromatic N) is 2. The molecule has 0 bridgehead atoms. The highest BCUT2D eigenvalue weighted by molar-refractivity contribution is 8.18. The van der Waals surface area contributed by atoms with E-state index in [1.165, 1.54) is 11.8 Å². The minimum absolute atomic E-state index is 0.198. The first kappa shape index (κ1) is 15.6. The van der Waals surface area contributed by atoms with Crippen LogP contribution in [0, 0.1) is 0 Å². The third-order valence-electron chi connectivity index (χ3n) is 3.01. The van der Waals surface area contributed by atoms with Crippen LogP contribution in [0.1, 0.15) is 5.56 Å². The van der Waals surface area contributed by atoms with E-state index < -0.39 is 0 Å². The normalized spacial score (nSPS) is 17.6. The molecule has 0 saturated carbocycles. The lowest BCUT2D eigenvalue weighted by Crippen LogP contribution is -2.19. The molecule has 7 heteroatoms. The van der Waals surface area contributed by atoms with E-state index in [2.05, 4.69) is 15.3 Å². The summed E-state index contributed by atoms with van der Waals surface area (Å²) in [5, 5.41) is 3.68. The summed E-state index contributed by atoms with van der Waals surface area (Å²) in [6, 6.07) is 8.86. The number of carbonyl (C=O) groups excluding carboxylic acids is 1. The van der Waals surface area contributed by atoms with Gasteiger partial charge in [-0.2, -0.15) is 0 Å². The van der Waals surface area contributed by atoms with E-state index in [9.17, 15) is 4.79 Å². The summed E-state index contributed by atoms with van der Waals surface area (Å²) in [4.78, 5) is 21.0. The summed E-state index contributed by atoms with van der Waals surface area (Å²) in [6.07, 6.45) is 5.14. The van der Waals surface area contributed by atoms with Crippen molar-refractivity contribution in [2.24, 2.45) is 4.99 Å². The number of carbonyl (C=O) groups is 1. The van der Waals surface area contributed by atoms with Crippen LogP contribution in [0.15, 0.2) is 52.6 Å². The molecule has 1 aliphatic heterocycles. The van der Waals surface area contributed by atoms with Crippen LogP contribution < -0.4 is 10.1 Å². The van der Waals surface area contributed by atoms with Gasteiger partial charge in [0.15, 0.2) is 5.17 Å². The first-order valence-electron chi connectivity index (χ1n) is 6.69. The number of pyridine rings is 1.